The molecule has 3 aromatic carbocycles. The summed E-state index contributed by atoms with van der Waals surface area (Å²) >= 11 is 0. The van der Waals surface area contributed by atoms with Crippen molar-refractivity contribution in [2.75, 3.05) is 5.32 Å². The van der Waals surface area contributed by atoms with E-state index in [2.05, 4.69) is 20.3 Å². The highest BCUT2D eigenvalue weighted by molar-refractivity contribution is 6.06. The van der Waals surface area contributed by atoms with Gasteiger partial charge < -0.3 is 5.32 Å². The lowest BCUT2D eigenvalue weighted by molar-refractivity contribution is 0.102. The van der Waals surface area contributed by atoms with Crippen LogP contribution in [0, 0.1) is 0 Å². The van der Waals surface area contributed by atoms with E-state index in [1.54, 1.807) is 53.5 Å². The average molecular weight is 520 g/mol. The van der Waals surface area contributed by atoms with Crippen LogP contribution in [0.25, 0.3) is 27.6 Å². The molecule has 3 aromatic heterocycles. The van der Waals surface area contributed by atoms with Crippen LogP contribution < -0.4 is 10.9 Å². The number of hydrogen-bond acceptors (Lipinski definition) is 5. The summed E-state index contributed by atoms with van der Waals surface area (Å²) in [6.07, 6.45) is 5.39. The van der Waals surface area contributed by atoms with Crippen molar-refractivity contribution < 1.29 is 4.79 Å². The van der Waals surface area contributed by atoms with Crippen LogP contribution in [0.3, 0.4) is 0 Å². The van der Waals surface area contributed by atoms with Gasteiger partial charge in [-0.05, 0) is 64.9 Å². The lowest BCUT2D eigenvalue weighted by Crippen LogP contribution is -2.25. The molecule has 6 rings (SSSR count). The molecule has 0 unspecified atom stereocenters. The Hall–Kier alpha value is -4.88. The van der Waals surface area contributed by atoms with Crippen molar-refractivity contribution in [1.29, 1.82) is 0 Å². The molecule has 0 spiro atoms. The second-order valence-electron chi connectivity index (χ2n) is 8.65. The zero-order valence-electron chi connectivity index (χ0n) is 20.1. The number of carbonyl (C=O) groups is 1. The second kappa shape index (κ2) is 10.6. The first kappa shape index (κ1) is 24.8. The normalized spacial score (nSPS) is 10.7. The third-order valence-corrected chi connectivity index (χ3v) is 6.15. The minimum Gasteiger partial charge on any atom is -0.322 e. The molecule has 0 fully saturated rings. The lowest BCUT2D eigenvalue weighted by atomic mass is 10.1. The minimum atomic E-state index is -0.270. The Balaban J connectivity index is 0.00000294. The van der Waals surface area contributed by atoms with Gasteiger partial charge in [0.25, 0.3) is 11.5 Å². The van der Waals surface area contributed by atoms with E-state index < -0.39 is 0 Å². The maximum atomic E-state index is 13.6. The average Bonchev–Trinajstić information content (AvgIpc) is 2.94. The molecule has 0 aliphatic carbocycles. The summed E-state index contributed by atoms with van der Waals surface area (Å²) in [6, 6.07) is 28.0. The topological polar surface area (TPSA) is 89.8 Å². The number of pyridine rings is 2. The van der Waals surface area contributed by atoms with Crippen LogP contribution in [-0.2, 0) is 6.42 Å². The van der Waals surface area contributed by atoms with Crippen LogP contribution in [0.1, 0.15) is 21.6 Å². The number of nitrogens with zero attached hydrogens (tertiary/aromatic N) is 4. The van der Waals surface area contributed by atoms with E-state index in [9.17, 15) is 9.59 Å². The largest absolute Gasteiger partial charge is 0.322 e. The maximum absolute atomic E-state index is 13.6. The van der Waals surface area contributed by atoms with Gasteiger partial charge in [0.15, 0.2) is 5.65 Å². The summed E-state index contributed by atoms with van der Waals surface area (Å²) in [5.74, 6) is -0.231. The fraction of sp³-hybridized carbons (Fsp3) is 0.0333. The molecule has 6 aromatic rings. The molecule has 0 aliphatic heterocycles. The summed E-state index contributed by atoms with van der Waals surface area (Å²) in [7, 11) is 0. The van der Waals surface area contributed by atoms with Gasteiger partial charge in [-0.25, -0.2) is 9.97 Å². The molecule has 8 heteroatoms. The van der Waals surface area contributed by atoms with E-state index in [0.717, 1.165) is 16.3 Å². The zero-order chi connectivity index (χ0) is 25.2. The van der Waals surface area contributed by atoms with Crippen LogP contribution in [0.4, 0.5) is 5.69 Å². The van der Waals surface area contributed by atoms with Gasteiger partial charge in [-0.1, -0.05) is 42.5 Å². The Morgan fingerprint density at radius 3 is 2.53 bits per heavy atom. The first-order chi connectivity index (χ1) is 18.2. The first-order valence-corrected chi connectivity index (χ1v) is 11.8. The van der Waals surface area contributed by atoms with Gasteiger partial charge in [0.05, 0.1) is 5.69 Å². The van der Waals surface area contributed by atoms with Crippen LogP contribution in [0.15, 0.2) is 114 Å². The van der Waals surface area contributed by atoms with E-state index in [-0.39, 0.29) is 23.9 Å². The van der Waals surface area contributed by atoms with E-state index >= 15 is 0 Å². The number of amides is 1. The van der Waals surface area contributed by atoms with Gasteiger partial charge in [0, 0.05) is 36.3 Å². The maximum Gasteiger partial charge on any atom is 0.278 e. The highest BCUT2D eigenvalue weighted by atomic mass is 35.5. The van der Waals surface area contributed by atoms with E-state index in [0.29, 0.717) is 40.2 Å². The molecular formula is C30H22ClN5O2. The van der Waals surface area contributed by atoms with Crippen LogP contribution in [-0.4, -0.2) is 25.4 Å². The standard InChI is InChI=1S/C30H21N5O2.ClH/c36-29(23-13-12-21-7-1-2-8-22(21)17-23)33-24-9-3-10-25(18-24)35-28-26(11-5-15-32-28)34-27(30(35)37)16-20-6-4-14-31-19-20;/h1-15,17-19H,16H2,(H,33,36);1H. The Labute approximate surface area is 224 Å². The molecule has 1 N–H and O–H groups in total. The van der Waals surface area contributed by atoms with Crippen LogP contribution in [0.5, 0.6) is 0 Å². The van der Waals surface area contributed by atoms with Crippen molar-refractivity contribution in [2.45, 2.75) is 6.42 Å². The lowest BCUT2D eigenvalue weighted by Gasteiger charge is -2.13. The summed E-state index contributed by atoms with van der Waals surface area (Å²) in [4.78, 5) is 39.8. The van der Waals surface area contributed by atoms with Gasteiger partial charge in [0.1, 0.15) is 11.2 Å². The predicted octanol–water partition coefficient (Wildman–Crippen LogP) is 5.59. The summed E-state index contributed by atoms with van der Waals surface area (Å²) < 4.78 is 1.54. The van der Waals surface area contributed by atoms with E-state index in [1.165, 1.54) is 0 Å². The van der Waals surface area contributed by atoms with Crippen LogP contribution in [0.2, 0.25) is 0 Å². The van der Waals surface area contributed by atoms with E-state index in [1.807, 2.05) is 60.7 Å². The molecule has 0 aliphatic rings. The van der Waals surface area contributed by atoms with Crippen molar-refractivity contribution in [3.63, 3.8) is 0 Å². The predicted molar refractivity (Wildman–Crippen MR) is 151 cm³/mol. The number of hydrogen-bond donors (Lipinski definition) is 1. The Morgan fingerprint density at radius 2 is 1.68 bits per heavy atom. The SMILES string of the molecule is Cl.O=C(Nc1cccc(-n2c(=O)c(Cc3cccnc3)nc3cccnc32)c1)c1ccc2ccccc2c1. The molecular weight excluding hydrogens is 498 g/mol. The molecule has 0 atom stereocenters. The molecule has 0 bridgehead atoms. The number of anilines is 1. The van der Waals surface area contributed by atoms with Gasteiger partial charge in [0.2, 0.25) is 0 Å². The molecule has 38 heavy (non-hydrogen) atoms. The fourth-order valence-electron chi connectivity index (χ4n) is 4.37. The monoisotopic (exact) mass is 519 g/mol. The number of rotatable bonds is 5. The fourth-order valence-corrected chi connectivity index (χ4v) is 4.37. The number of benzene rings is 3. The van der Waals surface area contributed by atoms with Gasteiger partial charge in [-0.2, -0.15) is 0 Å². The van der Waals surface area contributed by atoms with Crippen molar-refractivity contribution in [2.24, 2.45) is 0 Å². The third-order valence-electron chi connectivity index (χ3n) is 6.15. The zero-order valence-corrected chi connectivity index (χ0v) is 20.9. The number of halogens is 1. The molecule has 0 saturated heterocycles. The Kier molecular flexibility index (Phi) is 6.93. The molecule has 0 saturated carbocycles. The summed E-state index contributed by atoms with van der Waals surface area (Å²) in [5.41, 5.74) is 3.76. The highest BCUT2D eigenvalue weighted by Gasteiger charge is 2.15. The van der Waals surface area contributed by atoms with Crippen molar-refractivity contribution >= 4 is 45.9 Å². The third kappa shape index (κ3) is 4.87. The first-order valence-electron chi connectivity index (χ1n) is 11.8. The summed E-state index contributed by atoms with van der Waals surface area (Å²) in [6.45, 7) is 0. The second-order valence-corrected chi connectivity index (χ2v) is 8.65. The number of carbonyl (C=O) groups excluding carboxylic acids is 1. The quantitative estimate of drug-likeness (QED) is 0.320. The molecule has 186 valence electrons. The Bertz CT molecular complexity index is 1840. The van der Waals surface area contributed by atoms with Crippen molar-refractivity contribution in [1.82, 2.24) is 19.5 Å². The minimum absolute atomic E-state index is 0. The van der Waals surface area contributed by atoms with Crippen LogP contribution >= 0.6 is 12.4 Å². The smallest absolute Gasteiger partial charge is 0.278 e. The number of fused-ring (bicyclic) bond motifs is 2. The molecule has 7 nitrogen and oxygen atoms in total. The van der Waals surface area contributed by atoms with Crippen molar-refractivity contribution in [3.05, 3.63) is 137 Å². The van der Waals surface area contributed by atoms with Gasteiger partial charge in [-0.15, -0.1) is 12.4 Å². The van der Waals surface area contributed by atoms with Gasteiger partial charge in [-0.3, -0.25) is 19.1 Å². The number of nitrogens with one attached hydrogen (secondary N) is 1. The highest BCUT2D eigenvalue weighted by Crippen LogP contribution is 2.20. The number of aromatic nitrogens is 4. The van der Waals surface area contributed by atoms with Gasteiger partial charge >= 0.3 is 0 Å². The van der Waals surface area contributed by atoms with Crippen molar-refractivity contribution in [3.8, 4) is 5.69 Å². The Morgan fingerprint density at radius 1 is 0.842 bits per heavy atom. The summed E-state index contributed by atoms with van der Waals surface area (Å²) in [5, 5.41) is 5.02. The molecule has 0 radical (unpaired) electrons. The molecule has 1 amide bonds. The van der Waals surface area contributed by atoms with E-state index in [4.69, 9.17) is 0 Å². The molecule has 3 heterocycles.